The van der Waals surface area contributed by atoms with Gasteiger partial charge < -0.3 is 24.8 Å². The number of amides is 4. The van der Waals surface area contributed by atoms with Crippen LogP contribution < -0.4 is 16.0 Å². The normalized spacial score (nSPS) is 23.0. The monoisotopic (exact) mass is 689 g/mol. The maximum absolute atomic E-state index is 13.7. The molecule has 50 heavy (non-hydrogen) atoms. The Labute approximate surface area is 294 Å². The molecule has 270 valence electrons. The lowest BCUT2D eigenvalue weighted by Gasteiger charge is -2.40. The Kier molecular flexibility index (Phi) is 12.4. The second-order valence-electron chi connectivity index (χ2n) is 14.6. The zero-order chi connectivity index (χ0) is 36.7. The first-order valence-corrected chi connectivity index (χ1v) is 17.3. The lowest BCUT2D eigenvalue weighted by molar-refractivity contribution is -0.300. The van der Waals surface area contributed by atoms with Crippen LogP contribution in [0.4, 0.5) is 5.69 Å². The molecule has 2 aliphatic heterocycles. The third-order valence-corrected chi connectivity index (χ3v) is 8.99. The Morgan fingerprint density at radius 3 is 2.28 bits per heavy atom. The van der Waals surface area contributed by atoms with E-state index in [1.807, 2.05) is 65.0 Å². The molecule has 11 heteroatoms. The molecule has 4 atom stereocenters. The van der Waals surface area contributed by atoms with Gasteiger partial charge in [-0.3, -0.25) is 29.3 Å². The summed E-state index contributed by atoms with van der Waals surface area (Å²) in [6, 6.07) is 16.5. The van der Waals surface area contributed by atoms with Crippen LogP contribution in [0.2, 0.25) is 0 Å². The summed E-state index contributed by atoms with van der Waals surface area (Å²) in [7, 11) is 0. The van der Waals surface area contributed by atoms with Gasteiger partial charge in [-0.1, -0.05) is 55.5 Å². The van der Waals surface area contributed by atoms with E-state index in [-0.39, 0.29) is 43.3 Å². The molecule has 0 spiro atoms. The number of carbonyl (C=O) groups is 5. The summed E-state index contributed by atoms with van der Waals surface area (Å²) in [6.45, 7) is 13.0. The van der Waals surface area contributed by atoms with Gasteiger partial charge in [0.1, 0.15) is 11.5 Å². The topological polar surface area (TPSA) is 149 Å². The third-order valence-electron chi connectivity index (χ3n) is 8.99. The van der Waals surface area contributed by atoms with Crippen molar-refractivity contribution in [1.82, 2.24) is 10.6 Å². The van der Waals surface area contributed by atoms with Gasteiger partial charge in [0.2, 0.25) is 23.6 Å². The zero-order valence-corrected chi connectivity index (χ0v) is 30.2. The van der Waals surface area contributed by atoms with Crippen LogP contribution in [0.1, 0.15) is 98.1 Å². The van der Waals surface area contributed by atoms with Crippen molar-refractivity contribution in [3.63, 3.8) is 0 Å². The SMILES string of the molecule is CCC1(c2ccc(NC(=O)C(/C=C(\C)c3ccccc3)C(=O)NCC[C@@H]3C[C@H](CC(=O)OC(C)(C)C)OC(C)(C)O3)cc2)CCC(=O)NC1=O. The first-order valence-electron chi connectivity index (χ1n) is 17.3. The number of benzene rings is 2. The van der Waals surface area contributed by atoms with Crippen molar-refractivity contribution in [2.24, 2.45) is 5.92 Å². The van der Waals surface area contributed by atoms with E-state index in [0.29, 0.717) is 31.4 Å². The average Bonchev–Trinajstić information content (AvgIpc) is 3.03. The quantitative estimate of drug-likeness (QED) is 0.149. The fourth-order valence-corrected chi connectivity index (χ4v) is 6.53. The van der Waals surface area contributed by atoms with Gasteiger partial charge in [-0.25, -0.2) is 0 Å². The number of hydrogen-bond donors (Lipinski definition) is 3. The first-order chi connectivity index (χ1) is 23.5. The molecule has 0 saturated carbocycles. The number of anilines is 1. The van der Waals surface area contributed by atoms with E-state index in [4.69, 9.17) is 14.2 Å². The highest BCUT2D eigenvalue weighted by atomic mass is 16.7. The van der Waals surface area contributed by atoms with Gasteiger partial charge in [0, 0.05) is 25.1 Å². The van der Waals surface area contributed by atoms with Crippen LogP contribution in [0.25, 0.3) is 5.57 Å². The van der Waals surface area contributed by atoms with Crippen molar-refractivity contribution in [2.75, 3.05) is 11.9 Å². The summed E-state index contributed by atoms with van der Waals surface area (Å²) in [5.41, 5.74) is 1.44. The van der Waals surface area contributed by atoms with Crippen LogP contribution >= 0.6 is 0 Å². The molecule has 0 bridgehead atoms. The summed E-state index contributed by atoms with van der Waals surface area (Å²) >= 11 is 0. The standard InChI is InChI=1S/C39H51N3O8/c1-8-39(20-18-32(43)42-36(39)47)27-14-16-28(17-15-27)41-35(46)31(22-25(2)26-12-10-9-11-13-26)34(45)40-21-19-29-23-30(49-38(6,7)48-29)24-33(44)50-37(3,4)5/h9-17,22,29-31H,8,18-21,23-24H2,1-7H3,(H,40,45)(H,41,46)(H,42,43,47)/b25-22+/t29-,30-,31?,39?/m1/s1. The number of allylic oxidation sites excluding steroid dienone is 1. The van der Waals surface area contributed by atoms with E-state index in [1.165, 1.54) is 0 Å². The number of carbonyl (C=O) groups excluding carboxylic acids is 5. The van der Waals surface area contributed by atoms with Crippen LogP contribution in [0.3, 0.4) is 0 Å². The molecule has 4 amide bonds. The van der Waals surface area contributed by atoms with Gasteiger partial charge in [0.25, 0.3) is 0 Å². The summed E-state index contributed by atoms with van der Waals surface area (Å²) in [4.78, 5) is 64.5. The Bertz CT molecular complexity index is 1580. The molecular formula is C39H51N3O8. The molecular weight excluding hydrogens is 638 g/mol. The fraction of sp³-hybridized carbons (Fsp3) is 0.513. The number of ether oxygens (including phenoxy) is 3. The Balaban J connectivity index is 1.44. The van der Waals surface area contributed by atoms with Gasteiger partial charge in [-0.15, -0.1) is 0 Å². The van der Waals surface area contributed by atoms with E-state index in [2.05, 4.69) is 16.0 Å². The van der Waals surface area contributed by atoms with E-state index in [9.17, 15) is 24.0 Å². The van der Waals surface area contributed by atoms with E-state index in [0.717, 1.165) is 16.7 Å². The van der Waals surface area contributed by atoms with E-state index < -0.39 is 40.6 Å². The smallest absolute Gasteiger partial charge is 0.308 e. The lowest BCUT2D eigenvalue weighted by Crippen LogP contribution is -2.51. The molecule has 0 aliphatic carbocycles. The minimum absolute atomic E-state index is 0.0893. The second kappa shape index (κ2) is 16.1. The minimum Gasteiger partial charge on any atom is -0.460 e. The largest absolute Gasteiger partial charge is 0.460 e. The number of nitrogens with one attached hydrogen (secondary N) is 3. The van der Waals surface area contributed by atoms with E-state index in [1.54, 1.807) is 44.2 Å². The maximum atomic E-state index is 13.7. The summed E-state index contributed by atoms with van der Waals surface area (Å²) in [5.74, 6) is -4.02. The molecule has 3 N–H and O–H groups in total. The van der Waals surface area contributed by atoms with E-state index >= 15 is 0 Å². The molecule has 0 aromatic heterocycles. The van der Waals surface area contributed by atoms with Crippen LogP contribution in [-0.2, 0) is 43.6 Å². The molecule has 2 heterocycles. The van der Waals surface area contributed by atoms with Crippen LogP contribution in [0.5, 0.6) is 0 Å². The highest BCUT2D eigenvalue weighted by molar-refractivity contribution is 6.09. The molecule has 4 rings (SSSR count). The number of hydrogen-bond acceptors (Lipinski definition) is 8. The summed E-state index contributed by atoms with van der Waals surface area (Å²) in [5, 5.41) is 8.23. The predicted molar refractivity (Wildman–Crippen MR) is 190 cm³/mol. The zero-order valence-electron chi connectivity index (χ0n) is 30.2. The van der Waals surface area contributed by atoms with Crippen molar-refractivity contribution < 1.29 is 38.2 Å². The summed E-state index contributed by atoms with van der Waals surface area (Å²) < 4.78 is 17.6. The van der Waals surface area contributed by atoms with Crippen molar-refractivity contribution >= 4 is 40.9 Å². The number of rotatable bonds is 12. The van der Waals surface area contributed by atoms with Crippen molar-refractivity contribution in [3.8, 4) is 0 Å². The van der Waals surface area contributed by atoms with Crippen LogP contribution in [0, 0.1) is 5.92 Å². The Morgan fingerprint density at radius 1 is 1.00 bits per heavy atom. The molecule has 2 fully saturated rings. The highest BCUT2D eigenvalue weighted by Crippen LogP contribution is 2.36. The van der Waals surface area contributed by atoms with Crippen molar-refractivity contribution in [1.29, 1.82) is 0 Å². The Morgan fingerprint density at radius 2 is 1.66 bits per heavy atom. The van der Waals surface area contributed by atoms with Gasteiger partial charge >= 0.3 is 5.97 Å². The predicted octanol–water partition coefficient (Wildman–Crippen LogP) is 5.58. The molecule has 2 unspecified atom stereocenters. The van der Waals surface area contributed by atoms with Gasteiger partial charge in [-0.05, 0) is 89.6 Å². The number of imide groups is 1. The van der Waals surface area contributed by atoms with Gasteiger partial charge in [-0.2, -0.15) is 0 Å². The third kappa shape index (κ3) is 10.3. The molecule has 2 aromatic carbocycles. The number of piperidine rings is 1. The van der Waals surface area contributed by atoms with Gasteiger partial charge in [0.05, 0.1) is 24.0 Å². The summed E-state index contributed by atoms with van der Waals surface area (Å²) in [6.07, 6.45) is 3.11. The van der Waals surface area contributed by atoms with Gasteiger partial charge in [0.15, 0.2) is 5.79 Å². The molecule has 11 nitrogen and oxygen atoms in total. The molecule has 2 aromatic rings. The molecule has 2 saturated heterocycles. The van der Waals surface area contributed by atoms with Crippen molar-refractivity contribution in [3.05, 3.63) is 71.8 Å². The van der Waals surface area contributed by atoms with Crippen molar-refractivity contribution in [2.45, 2.75) is 116 Å². The van der Waals surface area contributed by atoms with Crippen LogP contribution in [-0.4, -0.2) is 59.7 Å². The maximum Gasteiger partial charge on any atom is 0.308 e. The Hall–Kier alpha value is -4.35. The molecule has 2 aliphatic rings. The highest BCUT2D eigenvalue weighted by Gasteiger charge is 2.43. The minimum atomic E-state index is -1.15. The van der Waals surface area contributed by atoms with Crippen LogP contribution in [0.15, 0.2) is 60.7 Å². The average molecular weight is 690 g/mol. The first kappa shape index (κ1) is 38.5. The number of esters is 1. The lowest BCUT2D eigenvalue weighted by atomic mass is 9.72. The molecule has 0 radical (unpaired) electrons. The fourth-order valence-electron chi connectivity index (χ4n) is 6.53. The second-order valence-corrected chi connectivity index (χ2v) is 14.6.